The fraction of sp³-hybridized carbons (Fsp3) is 0.438. The monoisotopic (exact) mass is 284 g/mol. The first kappa shape index (κ1) is 14.4. The van der Waals surface area contributed by atoms with Gasteiger partial charge in [0.25, 0.3) is 0 Å². The van der Waals surface area contributed by atoms with Gasteiger partial charge < -0.3 is 9.31 Å². The summed E-state index contributed by atoms with van der Waals surface area (Å²) in [5, 5.41) is 4.31. The second-order valence-electron chi connectivity index (χ2n) is 6.53. The summed E-state index contributed by atoms with van der Waals surface area (Å²) in [7, 11) is -0.342. The van der Waals surface area contributed by atoms with Crippen molar-refractivity contribution in [3.05, 3.63) is 42.2 Å². The first-order chi connectivity index (χ1) is 9.82. The number of nitrogens with zero attached hydrogens (tertiary/aromatic N) is 2. The van der Waals surface area contributed by atoms with Crippen LogP contribution in [0.15, 0.2) is 36.7 Å². The van der Waals surface area contributed by atoms with Gasteiger partial charge in [-0.15, -0.1) is 0 Å². The van der Waals surface area contributed by atoms with Crippen LogP contribution in [-0.2, 0) is 9.31 Å². The zero-order valence-corrected chi connectivity index (χ0v) is 13.3. The van der Waals surface area contributed by atoms with Gasteiger partial charge in [-0.3, -0.25) is 0 Å². The van der Waals surface area contributed by atoms with Crippen LogP contribution < -0.4 is 5.46 Å². The predicted molar refractivity (Wildman–Crippen MR) is 84.0 cm³/mol. The molecule has 1 fully saturated rings. The standard InChI is InChI=1S/C16H21BN2O2/c1-12-13(17-20-15(2,3)16(4,5)21-17)8-6-9-14(12)19-11-7-10-18-19/h6-11H,1-5H3. The van der Waals surface area contributed by atoms with Gasteiger partial charge in [0.05, 0.1) is 16.9 Å². The lowest BCUT2D eigenvalue weighted by molar-refractivity contribution is 0.00578. The molecule has 110 valence electrons. The Labute approximate surface area is 126 Å². The molecule has 2 heterocycles. The third kappa shape index (κ3) is 2.30. The molecule has 4 nitrogen and oxygen atoms in total. The van der Waals surface area contributed by atoms with Gasteiger partial charge in [0, 0.05) is 12.4 Å². The molecule has 0 bridgehead atoms. The van der Waals surface area contributed by atoms with Crippen LogP contribution in [0.25, 0.3) is 5.69 Å². The number of hydrogen-bond donors (Lipinski definition) is 0. The van der Waals surface area contributed by atoms with Gasteiger partial charge in [-0.25, -0.2) is 4.68 Å². The van der Waals surface area contributed by atoms with E-state index in [2.05, 4.69) is 51.9 Å². The molecule has 21 heavy (non-hydrogen) atoms. The molecule has 0 spiro atoms. The molecular formula is C16H21BN2O2. The van der Waals surface area contributed by atoms with Crippen LogP contribution in [-0.4, -0.2) is 28.1 Å². The summed E-state index contributed by atoms with van der Waals surface area (Å²) in [5.74, 6) is 0. The maximum Gasteiger partial charge on any atom is 0.495 e. The lowest BCUT2D eigenvalue weighted by Gasteiger charge is -2.32. The zero-order valence-electron chi connectivity index (χ0n) is 13.3. The maximum atomic E-state index is 6.15. The Hall–Kier alpha value is -1.59. The van der Waals surface area contributed by atoms with Crippen LogP contribution in [0.2, 0.25) is 0 Å². The summed E-state index contributed by atoms with van der Waals surface area (Å²) in [5.41, 5.74) is 2.58. The Morgan fingerprint density at radius 1 is 1.05 bits per heavy atom. The van der Waals surface area contributed by atoms with Crippen molar-refractivity contribution < 1.29 is 9.31 Å². The molecule has 3 rings (SSSR count). The van der Waals surface area contributed by atoms with E-state index < -0.39 is 0 Å². The van der Waals surface area contributed by atoms with Gasteiger partial charge in [0.2, 0.25) is 0 Å². The highest BCUT2D eigenvalue weighted by atomic mass is 16.7. The molecule has 0 amide bonds. The zero-order chi connectivity index (χ0) is 15.3. The van der Waals surface area contributed by atoms with Crippen molar-refractivity contribution >= 4 is 12.6 Å². The third-order valence-corrected chi connectivity index (χ3v) is 4.61. The fourth-order valence-corrected chi connectivity index (χ4v) is 2.53. The number of rotatable bonds is 2. The first-order valence-corrected chi connectivity index (χ1v) is 7.27. The predicted octanol–water partition coefficient (Wildman–Crippen LogP) is 2.48. The second-order valence-corrected chi connectivity index (χ2v) is 6.53. The molecule has 1 saturated heterocycles. The summed E-state index contributed by atoms with van der Waals surface area (Å²) < 4.78 is 14.2. The van der Waals surface area contributed by atoms with E-state index in [9.17, 15) is 0 Å². The van der Waals surface area contributed by atoms with Gasteiger partial charge in [-0.05, 0) is 57.8 Å². The molecule has 0 aliphatic carbocycles. The SMILES string of the molecule is Cc1c(B2OC(C)(C)C(C)(C)O2)cccc1-n1cccn1. The van der Waals surface area contributed by atoms with E-state index in [4.69, 9.17) is 9.31 Å². The lowest BCUT2D eigenvalue weighted by atomic mass is 9.76. The van der Waals surface area contributed by atoms with Gasteiger partial charge in [0.1, 0.15) is 0 Å². The van der Waals surface area contributed by atoms with Gasteiger partial charge in [-0.1, -0.05) is 12.1 Å². The minimum Gasteiger partial charge on any atom is -0.399 e. The largest absolute Gasteiger partial charge is 0.495 e. The van der Waals surface area contributed by atoms with Crippen LogP contribution in [0, 0.1) is 6.92 Å². The van der Waals surface area contributed by atoms with E-state index in [1.807, 2.05) is 23.0 Å². The van der Waals surface area contributed by atoms with Crippen molar-refractivity contribution in [3.8, 4) is 5.69 Å². The highest BCUT2D eigenvalue weighted by molar-refractivity contribution is 6.62. The average molecular weight is 284 g/mol. The quantitative estimate of drug-likeness (QED) is 0.795. The maximum absolute atomic E-state index is 6.15. The van der Waals surface area contributed by atoms with Gasteiger partial charge >= 0.3 is 7.12 Å². The van der Waals surface area contributed by atoms with Crippen LogP contribution in [0.4, 0.5) is 0 Å². The minimum absolute atomic E-state index is 0.328. The van der Waals surface area contributed by atoms with Crippen LogP contribution >= 0.6 is 0 Å². The number of benzene rings is 1. The molecule has 1 aromatic carbocycles. The molecule has 0 unspecified atom stereocenters. The average Bonchev–Trinajstić information content (AvgIpc) is 2.97. The smallest absolute Gasteiger partial charge is 0.399 e. The van der Waals surface area contributed by atoms with Crippen LogP contribution in [0.3, 0.4) is 0 Å². The van der Waals surface area contributed by atoms with E-state index in [1.165, 1.54) is 0 Å². The van der Waals surface area contributed by atoms with E-state index in [0.717, 1.165) is 16.7 Å². The molecule has 0 saturated carbocycles. The van der Waals surface area contributed by atoms with Crippen LogP contribution in [0.5, 0.6) is 0 Å². The molecule has 0 atom stereocenters. The van der Waals surface area contributed by atoms with Crippen molar-refractivity contribution in [2.24, 2.45) is 0 Å². The van der Waals surface area contributed by atoms with E-state index in [1.54, 1.807) is 6.20 Å². The molecule has 5 heteroatoms. The van der Waals surface area contributed by atoms with E-state index in [0.29, 0.717) is 0 Å². The summed E-state index contributed by atoms with van der Waals surface area (Å²) in [6, 6.07) is 8.05. The van der Waals surface area contributed by atoms with Gasteiger partial charge in [-0.2, -0.15) is 5.10 Å². The Morgan fingerprint density at radius 2 is 1.71 bits per heavy atom. The Morgan fingerprint density at radius 3 is 2.29 bits per heavy atom. The van der Waals surface area contributed by atoms with Gasteiger partial charge in [0.15, 0.2) is 0 Å². The third-order valence-electron chi connectivity index (χ3n) is 4.61. The van der Waals surface area contributed by atoms with Crippen LogP contribution in [0.1, 0.15) is 33.3 Å². The van der Waals surface area contributed by atoms with Crippen molar-refractivity contribution in [2.75, 3.05) is 0 Å². The topological polar surface area (TPSA) is 36.3 Å². The molecule has 2 aromatic rings. The van der Waals surface area contributed by atoms with E-state index >= 15 is 0 Å². The normalized spacial score (nSPS) is 20.0. The Kier molecular flexibility index (Phi) is 3.22. The molecule has 0 N–H and O–H groups in total. The Bertz CT molecular complexity index is 634. The fourth-order valence-electron chi connectivity index (χ4n) is 2.53. The van der Waals surface area contributed by atoms with Crippen molar-refractivity contribution in [1.82, 2.24) is 9.78 Å². The number of hydrogen-bond acceptors (Lipinski definition) is 3. The van der Waals surface area contributed by atoms with Crippen molar-refractivity contribution in [3.63, 3.8) is 0 Å². The Balaban J connectivity index is 2.00. The molecule has 1 aromatic heterocycles. The molecule has 0 radical (unpaired) electrons. The molecule has 1 aliphatic heterocycles. The minimum atomic E-state index is -0.342. The summed E-state index contributed by atoms with van der Waals surface area (Å²) in [4.78, 5) is 0. The van der Waals surface area contributed by atoms with Crippen molar-refractivity contribution in [1.29, 1.82) is 0 Å². The lowest BCUT2D eigenvalue weighted by Crippen LogP contribution is -2.41. The number of aromatic nitrogens is 2. The summed E-state index contributed by atoms with van der Waals surface area (Å²) in [6.45, 7) is 10.4. The second kappa shape index (κ2) is 4.72. The van der Waals surface area contributed by atoms with E-state index in [-0.39, 0.29) is 18.3 Å². The molecular weight excluding hydrogens is 263 g/mol. The molecule has 1 aliphatic rings. The highest BCUT2D eigenvalue weighted by Gasteiger charge is 2.52. The summed E-state index contributed by atoms with van der Waals surface area (Å²) >= 11 is 0. The first-order valence-electron chi connectivity index (χ1n) is 7.27. The highest BCUT2D eigenvalue weighted by Crippen LogP contribution is 2.36. The van der Waals surface area contributed by atoms with Crippen molar-refractivity contribution in [2.45, 2.75) is 45.8 Å². The summed E-state index contributed by atoms with van der Waals surface area (Å²) in [6.07, 6.45) is 3.72.